The standard InChI is InChI=1S/C26H37N7O4/c1-3-5-13-37-25-29-23(27)22-24(30-25)33(26(36)28-22)12-6-11-32(20-16-31(4-2)17-20)15-19-9-7-18(8-10-19)14-21(34)35/h7-10,20H,3-6,11-17H2,1-2H3,(H,28,36)(H,34,35)(H2,27,29,30). The number of aromatic amines is 1. The second-order valence-electron chi connectivity index (χ2n) is 9.59. The minimum absolute atomic E-state index is 0.0247. The van der Waals surface area contributed by atoms with Gasteiger partial charge in [0.1, 0.15) is 5.52 Å². The summed E-state index contributed by atoms with van der Waals surface area (Å²) in [5.41, 5.74) is 8.65. The van der Waals surface area contributed by atoms with E-state index in [0.29, 0.717) is 30.4 Å². The largest absolute Gasteiger partial charge is 0.481 e. The molecule has 3 heterocycles. The number of aryl methyl sites for hydroxylation is 1. The number of nitrogens with two attached hydrogens (primary N) is 1. The molecule has 0 atom stereocenters. The Bertz CT molecular complexity index is 1250. The molecule has 0 aliphatic carbocycles. The van der Waals surface area contributed by atoms with Gasteiger partial charge in [-0.15, -0.1) is 0 Å². The lowest BCUT2D eigenvalue weighted by Gasteiger charge is -2.45. The highest BCUT2D eigenvalue weighted by atomic mass is 16.5. The molecule has 2 aromatic heterocycles. The van der Waals surface area contributed by atoms with Crippen LogP contribution in [0.1, 0.15) is 44.2 Å². The number of nitrogens with one attached hydrogen (secondary N) is 1. The maximum absolute atomic E-state index is 12.7. The van der Waals surface area contributed by atoms with Crippen LogP contribution in [0.25, 0.3) is 11.2 Å². The molecule has 1 aliphatic heterocycles. The van der Waals surface area contributed by atoms with E-state index in [1.807, 2.05) is 24.3 Å². The van der Waals surface area contributed by atoms with E-state index in [1.54, 1.807) is 4.57 Å². The zero-order chi connectivity index (χ0) is 26.4. The molecule has 0 radical (unpaired) electrons. The number of likely N-dealkylation sites (tertiary alicyclic amines) is 1. The van der Waals surface area contributed by atoms with Gasteiger partial charge in [-0.05, 0) is 30.5 Å². The van der Waals surface area contributed by atoms with Gasteiger partial charge in [0.2, 0.25) is 0 Å². The van der Waals surface area contributed by atoms with Crippen molar-refractivity contribution in [3.05, 3.63) is 45.9 Å². The van der Waals surface area contributed by atoms with Crippen LogP contribution in [0.15, 0.2) is 29.1 Å². The molecule has 11 nitrogen and oxygen atoms in total. The number of carbonyl (C=O) groups is 1. The lowest BCUT2D eigenvalue weighted by molar-refractivity contribution is -0.136. The number of carboxylic acid groups (broad SMARTS) is 1. The molecule has 37 heavy (non-hydrogen) atoms. The van der Waals surface area contributed by atoms with Gasteiger partial charge in [-0.1, -0.05) is 44.5 Å². The fourth-order valence-electron chi connectivity index (χ4n) is 4.64. The Labute approximate surface area is 216 Å². The highest BCUT2D eigenvalue weighted by molar-refractivity contribution is 5.81. The maximum Gasteiger partial charge on any atom is 0.327 e. The average Bonchev–Trinajstić information content (AvgIpc) is 3.15. The Kier molecular flexibility index (Phi) is 8.78. The first-order valence-electron chi connectivity index (χ1n) is 13.0. The number of benzene rings is 1. The van der Waals surface area contributed by atoms with E-state index in [9.17, 15) is 9.59 Å². The Hall–Kier alpha value is -3.44. The summed E-state index contributed by atoms with van der Waals surface area (Å²) in [6.07, 6.45) is 2.65. The molecule has 1 saturated heterocycles. The van der Waals surface area contributed by atoms with Crippen molar-refractivity contribution < 1.29 is 14.6 Å². The van der Waals surface area contributed by atoms with Gasteiger partial charge >= 0.3 is 17.7 Å². The molecule has 4 rings (SSSR count). The van der Waals surface area contributed by atoms with Gasteiger partial charge in [0.25, 0.3) is 0 Å². The summed E-state index contributed by atoms with van der Waals surface area (Å²) in [6.45, 7) is 9.86. The van der Waals surface area contributed by atoms with E-state index in [0.717, 1.165) is 63.1 Å². The summed E-state index contributed by atoms with van der Waals surface area (Å²) in [4.78, 5) is 40.0. The number of likely N-dealkylation sites (N-methyl/N-ethyl adjacent to an activating group) is 1. The number of hydrogen-bond donors (Lipinski definition) is 3. The van der Waals surface area contributed by atoms with Crippen LogP contribution in [0.4, 0.5) is 5.82 Å². The van der Waals surface area contributed by atoms with Crippen LogP contribution in [0, 0.1) is 0 Å². The molecule has 1 fully saturated rings. The minimum atomic E-state index is -0.831. The average molecular weight is 512 g/mol. The van der Waals surface area contributed by atoms with Crippen molar-refractivity contribution in [2.75, 3.05) is 38.5 Å². The molecular weight excluding hydrogens is 474 g/mol. The first-order valence-corrected chi connectivity index (χ1v) is 13.0. The smallest absolute Gasteiger partial charge is 0.327 e. The van der Waals surface area contributed by atoms with Crippen molar-refractivity contribution in [1.29, 1.82) is 0 Å². The predicted molar refractivity (Wildman–Crippen MR) is 142 cm³/mol. The highest BCUT2D eigenvalue weighted by Gasteiger charge is 2.30. The first kappa shape index (κ1) is 26.6. The number of unbranched alkanes of at least 4 members (excludes halogenated alkanes) is 1. The van der Waals surface area contributed by atoms with Crippen LogP contribution in [0.5, 0.6) is 6.01 Å². The number of carboxylic acids is 1. The van der Waals surface area contributed by atoms with Crippen LogP contribution in [-0.4, -0.2) is 79.2 Å². The second kappa shape index (κ2) is 12.2. The Balaban J connectivity index is 1.44. The topological polar surface area (TPSA) is 143 Å². The molecule has 11 heteroatoms. The van der Waals surface area contributed by atoms with Crippen molar-refractivity contribution in [1.82, 2.24) is 29.3 Å². The summed E-state index contributed by atoms with van der Waals surface area (Å²) >= 11 is 0. The lowest BCUT2D eigenvalue weighted by Crippen LogP contribution is -2.59. The Morgan fingerprint density at radius 2 is 1.92 bits per heavy atom. The number of nitrogen functional groups attached to an aromatic ring is 1. The molecule has 3 aromatic rings. The fraction of sp³-hybridized carbons (Fsp3) is 0.538. The van der Waals surface area contributed by atoms with Gasteiger partial charge in [-0.2, -0.15) is 9.97 Å². The van der Waals surface area contributed by atoms with Gasteiger partial charge < -0.3 is 25.5 Å². The van der Waals surface area contributed by atoms with Crippen molar-refractivity contribution in [3.63, 3.8) is 0 Å². The summed E-state index contributed by atoms with van der Waals surface area (Å²) in [5.74, 6) is -0.628. The SMILES string of the molecule is CCCCOc1nc(N)c2[nH]c(=O)n(CCCN(Cc3ccc(CC(=O)O)cc3)C3CN(CC)C3)c2n1. The van der Waals surface area contributed by atoms with Gasteiger partial charge in [-0.25, -0.2) is 4.79 Å². The van der Waals surface area contributed by atoms with E-state index >= 15 is 0 Å². The number of aromatic nitrogens is 4. The summed E-state index contributed by atoms with van der Waals surface area (Å²) in [7, 11) is 0. The highest BCUT2D eigenvalue weighted by Crippen LogP contribution is 2.20. The maximum atomic E-state index is 12.7. The van der Waals surface area contributed by atoms with Crippen molar-refractivity contribution in [2.24, 2.45) is 0 Å². The summed E-state index contributed by atoms with van der Waals surface area (Å²) in [6, 6.07) is 8.41. The third kappa shape index (κ3) is 6.66. The van der Waals surface area contributed by atoms with Crippen molar-refractivity contribution in [2.45, 2.75) is 58.7 Å². The van der Waals surface area contributed by atoms with E-state index in [-0.39, 0.29) is 23.9 Å². The first-order chi connectivity index (χ1) is 17.9. The number of H-pyrrole nitrogens is 1. The monoisotopic (exact) mass is 511 g/mol. The van der Waals surface area contributed by atoms with E-state index in [2.05, 4.69) is 38.6 Å². The third-order valence-corrected chi connectivity index (χ3v) is 6.85. The summed E-state index contributed by atoms with van der Waals surface area (Å²) in [5, 5.41) is 9.02. The summed E-state index contributed by atoms with van der Waals surface area (Å²) < 4.78 is 7.24. The number of rotatable bonds is 14. The van der Waals surface area contributed by atoms with Crippen LogP contribution >= 0.6 is 0 Å². The number of ether oxygens (including phenoxy) is 1. The third-order valence-electron chi connectivity index (χ3n) is 6.85. The van der Waals surface area contributed by atoms with Gasteiger partial charge in [-0.3, -0.25) is 14.3 Å². The number of hydrogen-bond acceptors (Lipinski definition) is 8. The number of nitrogens with zero attached hydrogens (tertiary/aromatic N) is 5. The molecule has 1 aliphatic rings. The quantitative estimate of drug-likeness (QED) is 0.277. The van der Waals surface area contributed by atoms with Gasteiger partial charge in [0.15, 0.2) is 11.5 Å². The lowest BCUT2D eigenvalue weighted by atomic mass is 10.0. The van der Waals surface area contributed by atoms with Crippen LogP contribution in [0.3, 0.4) is 0 Å². The molecule has 200 valence electrons. The predicted octanol–water partition coefficient (Wildman–Crippen LogP) is 2.10. The number of aliphatic carboxylic acids is 1. The van der Waals surface area contributed by atoms with Gasteiger partial charge in [0, 0.05) is 38.8 Å². The van der Waals surface area contributed by atoms with E-state index in [4.69, 9.17) is 15.6 Å². The molecule has 0 saturated carbocycles. The zero-order valence-corrected chi connectivity index (χ0v) is 21.7. The van der Waals surface area contributed by atoms with Crippen molar-refractivity contribution in [3.8, 4) is 6.01 Å². The second-order valence-corrected chi connectivity index (χ2v) is 9.59. The molecule has 0 amide bonds. The molecule has 1 aromatic carbocycles. The fourth-order valence-corrected chi connectivity index (χ4v) is 4.64. The molecule has 0 bridgehead atoms. The number of fused-ring (bicyclic) bond motifs is 1. The van der Waals surface area contributed by atoms with Crippen LogP contribution < -0.4 is 16.2 Å². The normalized spacial score (nSPS) is 14.4. The minimum Gasteiger partial charge on any atom is -0.481 e. The Morgan fingerprint density at radius 1 is 1.19 bits per heavy atom. The molecular formula is C26H37N7O4. The molecule has 0 unspecified atom stereocenters. The Morgan fingerprint density at radius 3 is 2.59 bits per heavy atom. The molecule has 0 spiro atoms. The van der Waals surface area contributed by atoms with E-state index in [1.165, 1.54) is 0 Å². The van der Waals surface area contributed by atoms with E-state index < -0.39 is 5.97 Å². The molecule has 4 N–H and O–H groups in total. The van der Waals surface area contributed by atoms with Gasteiger partial charge in [0.05, 0.1) is 13.0 Å². The number of imidazole rings is 1. The van der Waals surface area contributed by atoms with Crippen LogP contribution in [0.2, 0.25) is 0 Å². The number of anilines is 1. The zero-order valence-electron chi connectivity index (χ0n) is 21.7. The van der Waals surface area contributed by atoms with Crippen LogP contribution in [-0.2, 0) is 24.3 Å². The van der Waals surface area contributed by atoms with Crippen molar-refractivity contribution >= 4 is 23.0 Å².